The fourth-order valence-electron chi connectivity index (χ4n) is 3.18. The van der Waals surface area contributed by atoms with Gasteiger partial charge < -0.3 is 15.8 Å². The first-order valence-corrected chi connectivity index (χ1v) is 8.55. The largest absolute Gasteiger partial charge is 0.381 e. The number of benzene rings is 2. The second-order valence-electron chi connectivity index (χ2n) is 6.21. The Kier molecular flexibility index (Phi) is 5.25. The predicted molar refractivity (Wildman–Crippen MR) is 96.7 cm³/mol. The molecule has 0 radical (unpaired) electrons. The molecule has 3 rings (SSSR count). The van der Waals surface area contributed by atoms with Crippen LogP contribution >= 0.6 is 11.6 Å². The van der Waals surface area contributed by atoms with Crippen LogP contribution in [0.25, 0.3) is 0 Å². The minimum atomic E-state index is -0.819. The molecule has 7 heteroatoms. The molecule has 1 saturated heterocycles. The number of carbonyl (C=O) groups excluding carboxylic acids is 2. The zero-order valence-electron chi connectivity index (χ0n) is 13.9. The van der Waals surface area contributed by atoms with E-state index in [4.69, 9.17) is 22.1 Å². The highest BCUT2D eigenvalue weighted by molar-refractivity contribution is 6.34. The van der Waals surface area contributed by atoms with Gasteiger partial charge in [0, 0.05) is 18.9 Å². The fraction of sp³-hybridized carbons (Fsp3) is 0.263. The van der Waals surface area contributed by atoms with Gasteiger partial charge in [-0.15, -0.1) is 0 Å². The van der Waals surface area contributed by atoms with Gasteiger partial charge in [0.25, 0.3) is 0 Å². The first-order chi connectivity index (χ1) is 12.4. The van der Waals surface area contributed by atoms with Crippen molar-refractivity contribution in [3.63, 3.8) is 0 Å². The molecule has 0 aromatic heterocycles. The molecule has 0 spiro atoms. The quantitative estimate of drug-likeness (QED) is 0.859. The third-order valence-electron chi connectivity index (χ3n) is 4.67. The maximum atomic E-state index is 13.3. The van der Waals surface area contributed by atoms with Crippen LogP contribution in [0.5, 0.6) is 0 Å². The van der Waals surface area contributed by atoms with E-state index in [0.717, 1.165) is 5.56 Å². The monoisotopic (exact) mass is 376 g/mol. The van der Waals surface area contributed by atoms with Crippen molar-refractivity contribution in [2.24, 2.45) is 5.73 Å². The third kappa shape index (κ3) is 3.57. The Bertz CT molecular complexity index is 833. The second kappa shape index (κ2) is 7.43. The SMILES string of the molecule is NC(=O)c1ccc(NC(=O)C2(c3ccc(F)cc3)CCOCC2)cc1Cl. The van der Waals surface area contributed by atoms with Crippen LogP contribution in [0.4, 0.5) is 10.1 Å². The molecule has 0 bridgehead atoms. The summed E-state index contributed by atoms with van der Waals surface area (Å²) in [6.45, 7) is 0.873. The summed E-state index contributed by atoms with van der Waals surface area (Å²) in [6, 6.07) is 10.5. The van der Waals surface area contributed by atoms with Crippen molar-refractivity contribution < 1.29 is 18.7 Å². The smallest absolute Gasteiger partial charge is 0.250 e. The van der Waals surface area contributed by atoms with E-state index >= 15 is 0 Å². The van der Waals surface area contributed by atoms with E-state index in [9.17, 15) is 14.0 Å². The molecule has 2 aromatic carbocycles. The molecule has 0 saturated carbocycles. The third-order valence-corrected chi connectivity index (χ3v) is 4.98. The van der Waals surface area contributed by atoms with Crippen molar-refractivity contribution >= 4 is 29.1 Å². The summed E-state index contributed by atoms with van der Waals surface area (Å²) in [7, 11) is 0. The number of anilines is 1. The lowest BCUT2D eigenvalue weighted by Crippen LogP contribution is -2.44. The molecule has 0 atom stereocenters. The zero-order valence-corrected chi connectivity index (χ0v) is 14.7. The number of hydrogen-bond donors (Lipinski definition) is 2. The number of carbonyl (C=O) groups is 2. The first-order valence-electron chi connectivity index (χ1n) is 8.17. The highest BCUT2D eigenvalue weighted by atomic mass is 35.5. The van der Waals surface area contributed by atoms with Crippen LogP contribution in [0.3, 0.4) is 0 Å². The molecule has 3 N–H and O–H groups in total. The van der Waals surface area contributed by atoms with Crippen LogP contribution in [0.15, 0.2) is 42.5 Å². The van der Waals surface area contributed by atoms with Gasteiger partial charge in [-0.2, -0.15) is 0 Å². The molecule has 1 fully saturated rings. The first kappa shape index (κ1) is 18.4. The molecule has 26 heavy (non-hydrogen) atoms. The molecule has 2 amide bonds. The van der Waals surface area contributed by atoms with E-state index in [-0.39, 0.29) is 22.3 Å². The van der Waals surface area contributed by atoms with Crippen molar-refractivity contribution in [3.05, 3.63) is 64.4 Å². The second-order valence-corrected chi connectivity index (χ2v) is 6.62. The van der Waals surface area contributed by atoms with E-state index in [2.05, 4.69) is 5.32 Å². The van der Waals surface area contributed by atoms with Gasteiger partial charge in [-0.3, -0.25) is 9.59 Å². The number of hydrogen-bond acceptors (Lipinski definition) is 3. The summed E-state index contributed by atoms with van der Waals surface area (Å²) >= 11 is 6.05. The lowest BCUT2D eigenvalue weighted by molar-refractivity contribution is -0.125. The lowest BCUT2D eigenvalue weighted by atomic mass is 9.73. The molecule has 1 aliphatic rings. The average molecular weight is 377 g/mol. The number of ether oxygens (including phenoxy) is 1. The minimum absolute atomic E-state index is 0.165. The van der Waals surface area contributed by atoms with Crippen LogP contribution in [0.2, 0.25) is 5.02 Å². The molecular formula is C19H18ClFN2O3. The normalized spacial score (nSPS) is 16.1. The van der Waals surface area contributed by atoms with E-state index in [1.807, 2.05) is 0 Å². The van der Waals surface area contributed by atoms with E-state index in [1.54, 1.807) is 18.2 Å². The average Bonchev–Trinajstić information content (AvgIpc) is 2.62. The lowest BCUT2D eigenvalue weighted by Gasteiger charge is -2.36. The van der Waals surface area contributed by atoms with Crippen molar-refractivity contribution in [2.45, 2.75) is 18.3 Å². The maximum Gasteiger partial charge on any atom is 0.250 e. The molecular weight excluding hydrogens is 359 g/mol. The van der Waals surface area contributed by atoms with Gasteiger partial charge in [-0.25, -0.2) is 4.39 Å². The van der Waals surface area contributed by atoms with E-state index in [0.29, 0.717) is 31.7 Å². The Labute approximate surface area is 155 Å². The summed E-state index contributed by atoms with van der Waals surface area (Å²) in [6.07, 6.45) is 0.967. The molecule has 0 unspecified atom stereocenters. The number of primary amides is 1. The zero-order chi connectivity index (χ0) is 18.7. The fourth-order valence-corrected chi connectivity index (χ4v) is 3.45. The molecule has 0 aliphatic carbocycles. The summed E-state index contributed by atoms with van der Waals surface area (Å²) in [5, 5.41) is 3.01. The number of nitrogens with two attached hydrogens (primary N) is 1. The number of rotatable bonds is 4. The predicted octanol–water partition coefficient (Wildman–Crippen LogP) is 3.26. The Morgan fingerprint density at radius 2 is 1.77 bits per heavy atom. The van der Waals surface area contributed by atoms with Gasteiger partial charge in [0.1, 0.15) is 5.82 Å². The van der Waals surface area contributed by atoms with Crippen LogP contribution < -0.4 is 11.1 Å². The Morgan fingerprint density at radius 3 is 2.35 bits per heavy atom. The number of halogens is 2. The minimum Gasteiger partial charge on any atom is -0.381 e. The number of nitrogens with one attached hydrogen (secondary N) is 1. The van der Waals surface area contributed by atoms with Crippen molar-refractivity contribution in [1.82, 2.24) is 0 Å². The Hall–Kier alpha value is -2.44. The van der Waals surface area contributed by atoms with Crippen LogP contribution in [0.1, 0.15) is 28.8 Å². The summed E-state index contributed by atoms with van der Waals surface area (Å²) in [5.41, 5.74) is 5.79. The summed E-state index contributed by atoms with van der Waals surface area (Å²) in [4.78, 5) is 24.4. The van der Waals surface area contributed by atoms with E-state index in [1.165, 1.54) is 24.3 Å². The highest BCUT2D eigenvalue weighted by Crippen LogP contribution is 2.36. The van der Waals surface area contributed by atoms with Crippen LogP contribution in [-0.4, -0.2) is 25.0 Å². The van der Waals surface area contributed by atoms with Crippen molar-refractivity contribution in [1.29, 1.82) is 0 Å². The maximum absolute atomic E-state index is 13.3. The Morgan fingerprint density at radius 1 is 1.12 bits per heavy atom. The van der Waals surface area contributed by atoms with Crippen molar-refractivity contribution in [3.8, 4) is 0 Å². The van der Waals surface area contributed by atoms with Crippen LogP contribution in [-0.2, 0) is 14.9 Å². The van der Waals surface area contributed by atoms with Gasteiger partial charge in [0.05, 0.1) is 16.0 Å². The summed E-state index contributed by atoms with van der Waals surface area (Å²) in [5.74, 6) is -1.22. The van der Waals surface area contributed by atoms with Gasteiger partial charge in [-0.05, 0) is 48.7 Å². The molecule has 1 aliphatic heterocycles. The standard InChI is InChI=1S/C19H18ClFN2O3/c20-16-11-14(5-6-15(16)17(22)24)23-18(25)19(7-9-26-10-8-19)12-1-3-13(21)4-2-12/h1-6,11H,7-10H2,(H2,22,24)(H,23,25). The summed E-state index contributed by atoms with van der Waals surface area (Å²) < 4.78 is 18.7. The topological polar surface area (TPSA) is 81.4 Å². The van der Waals surface area contributed by atoms with E-state index < -0.39 is 11.3 Å². The molecule has 5 nitrogen and oxygen atoms in total. The van der Waals surface area contributed by atoms with Crippen LogP contribution in [0, 0.1) is 5.82 Å². The van der Waals surface area contributed by atoms with Gasteiger partial charge in [0.15, 0.2) is 0 Å². The van der Waals surface area contributed by atoms with Crippen molar-refractivity contribution in [2.75, 3.05) is 18.5 Å². The molecule has 136 valence electrons. The number of amides is 2. The van der Waals surface area contributed by atoms with Gasteiger partial charge in [0.2, 0.25) is 11.8 Å². The Balaban J connectivity index is 1.90. The molecule has 1 heterocycles. The van der Waals surface area contributed by atoms with Gasteiger partial charge in [-0.1, -0.05) is 23.7 Å². The highest BCUT2D eigenvalue weighted by Gasteiger charge is 2.41. The molecule has 2 aromatic rings. The van der Waals surface area contributed by atoms with Gasteiger partial charge >= 0.3 is 0 Å².